The van der Waals surface area contributed by atoms with E-state index in [-0.39, 0.29) is 5.97 Å². The van der Waals surface area contributed by atoms with Crippen molar-refractivity contribution < 1.29 is 14.3 Å². The Morgan fingerprint density at radius 1 is 1.11 bits per heavy atom. The van der Waals surface area contributed by atoms with E-state index in [1.807, 2.05) is 49.4 Å². The average molecular weight is 256 g/mol. The highest BCUT2D eigenvalue weighted by Gasteiger charge is 2.10. The maximum atomic E-state index is 11.6. The monoisotopic (exact) mass is 256 g/mol. The molecule has 3 nitrogen and oxygen atoms in total. The van der Waals surface area contributed by atoms with Crippen molar-refractivity contribution in [3.63, 3.8) is 0 Å². The fourth-order valence-electron chi connectivity index (χ4n) is 1.76. The molecule has 0 fully saturated rings. The first-order valence-electron chi connectivity index (χ1n) is 6.06. The van der Waals surface area contributed by atoms with E-state index >= 15 is 0 Å². The number of hydrogen-bond donors (Lipinski definition) is 0. The Labute approximate surface area is 112 Å². The molecule has 0 aliphatic carbocycles. The number of carbonyl (C=O) groups is 1. The summed E-state index contributed by atoms with van der Waals surface area (Å²) in [6.07, 6.45) is 0. The zero-order valence-electron chi connectivity index (χ0n) is 11.1. The van der Waals surface area contributed by atoms with Crippen LogP contribution < -0.4 is 4.74 Å². The van der Waals surface area contributed by atoms with Crippen LogP contribution in [0.5, 0.6) is 5.75 Å². The first-order valence-corrected chi connectivity index (χ1v) is 6.06. The average Bonchev–Trinajstić information content (AvgIpc) is 2.46. The summed E-state index contributed by atoms with van der Waals surface area (Å²) in [7, 11) is 1.37. The molecule has 3 heteroatoms. The molecular weight excluding hydrogens is 240 g/mol. The lowest BCUT2D eigenvalue weighted by Gasteiger charge is -2.09. The Morgan fingerprint density at radius 3 is 2.53 bits per heavy atom. The fraction of sp³-hybridized carbons (Fsp3) is 0.188. The summed E-state index contributed by atoms with van der Waals surface area (Å²) in [5.74, 6) is 0.317. The lowest BCUT2D eigenvalue weighted by Crippen LogP contribution is -2.04. The molecule has 0 unspecified atom stereocenters. The van der Waals surface area contributed by atoms with Gasteiger partial charge in [-0.25, -0.2) is 4.79 Å². The highest BCUT2D eigenvalue weighted by atomic mass is 16.5. The van der Waals surface area contributed by atoms with Gasteiger partial charge in [0.1, 0.15) is 12.4 Å². The van der Waals surface area contributed by atoms with Gasteiger partial charge in [-0.3, -0.25) is 0 Å². The van der Waals surface area contributed by atoms with Crippen LogP contribution in [0.2, 0.25) is 0 Å². The van der Waals surface area contributed by atoms with Gasteiger partial charge < -0.3 is 9.47 Å². The zero-order valence-corrected chi connectivity index (χ0v) is 11.1. The number of rotatable bonds is 4. The molecule has 0 spiro atoms. The largest absolute Gasteiger partial charge is 0.489 e. The van der Waals surface area contributed by atoms with Crippen LogP contribution in [0.15, 0.2) is 48.5 Å². The third-order valence-electron chi connectivity index (χ3n) is 2.86. The molecule has 0 aliphatic heterocycles. The van der Waals surface area contributed by atoms with Crippen LogP contribution in [0.25, 0.3) is 0 Å². The van der Waals surface area contributed by atoms with Gasteiger partial charge in [0.2, 0.25) is 0 Å². The maximum absolute atomic E-state index is 11.6. The molecule has 2 aromatic rings. The minimum atomic E-state index is -0.345. The molecule has 19 heavy (non-hydrogen) atoms. The number of methoxy groups -OCH3 is 1. The lowest BCUT2D eigenvalue weighted by atomic mass is 10.1. The summed E-state index contributed by atoms with van der Waals surface area (Å²) >= 11 is 0. The highest BCUT2D eigenvalue weighted by Crippen LogP contribution is 2.19. The van der Waals surface area contributed by atoms with E-state index in [1.165, 1.54) is 7.11 Å². The number of hydrogen-bond acceptors (Lipinski definition) is 3. The number of benzene rings is 2. The number of carbonyl (C=O) groups excluding carboxylic acids is 1. The van der Waals surface area contributed by atoms with Crippen molar-refractivity contribution in [2.45, 2.75) is 13.5 Å². The lowest BCUT2D eigenvalue weighted by molar-refractivity contribution is 0.0599. The van der Waals surface area contributed by atoms with Crippen LogP contribution in [-0.4, -0.2) is 13.1 Å². The van der Waals surface area contributed by atoms with Crippen LogP contribution in [0, 0.1) is 6.92 Å². The molecule has 0 N–H and O–H groups in total. The molecule has 98 valence electrons. The molecule has 0 radical (unpaired) electrons. The van der Waals surface area contributed by atoms with Crippen molar-refractivity contribution in [3.8, 4) is 5.75 Å². The summed E-state index contributed by atoms with van der Waals surface area (Å²) in [5, 5.41) is 0. The molecule has 0 bridgehead atoms. The van der Waals surface area contributed by atoms with Crippen molar-refractivity contribution in [2.75, 3.05) is 7.11 Å². The summed E-state index contributed by atoms with van der Waals surface area (Å²) in [6, 6.07) is 15.3. The van der Waals surface area contributed by atoms with Crippen LogP contribution >= 0.6 is 0 Å². The number of aryl methyl sites for hydroxylation is 1. The number of esters is 1. The highest BCUT2D eigenvalue weighted by molar-refractivity contribution is 5.91. The zero-order chi connectivity index (χ0) is 13.7. The fourth-order valence-corrected chi connectivity index (χ4v) is 1.76. The molecule has 2 rings (SSSR count). The molecule has 0 saturated carbocycles. The summed E-state index contributed by atoms with van der Waals surface area (Å²) in [5.41, 5.74) is 2.50. The van der Waals surface area contributed by atoms with Gasteiger partial charge in [0.15, 0.2) is 0 Å². The van der Waals surface area contributed by atoms with Gasteiger partial charge in [-0.2, -0.15) is 0 Å². The van der Waals surface area contributed by atoms with Crippen molar-refractivity contribution in [1.29, 1.82) is 0 Å². The second kappa shape index (κ2) is 6.05. The molecule has 0 aromatic heterocycles. The third kappa shape index (κ3) is 3.35. The van der Waals surface area contributed by atoms with Crippen molar-refractivity contribution in [1.82, 2.24) is 0 Å². The van der Waals surface area contributed by atoms with E-state index < -0.39 is 0 Å². The van der Waals surface area contributed by atoms with Gasteiger partial charge in [-0.1, -0.05) is 36.4 Å². The van der Waals surface area contributed by atoms with Crippen molar-refractivity contribution in [3.05, 3.63) is 65.2 Å². The van der Waals surface area contributed by atoms with E-state index in [4.69, 9.17) is 9.47 Å². The molecule has 2 aromatic carbocycles. The maximum Gasteiger partial charge on any atom is 0.338 e. The topological polar surface area (TPSA) is 35.5 Å². The summed E-state index contributed by atoms with van der Waals surface area (Å²) in [6.45, 7) is 2.34. The van der Waals surface area contributed by atoms with Crippen LogP contribution in [0.1, 0.15) is 21.5 Å². The normalized spacial score (nSPS) is 10.0. The standard InChI is InChI=1S/C16H16O3/c1-12-8-9-14(10-15(12)16(17)18-2)19-11-13-6-4-3-5-7-13/h3-10H,11H2,1-2H3. The minimum Gasteiger partial charge on any atom is -0.489 e. The van der Waals surface area contributed by atoms with Gasteiger partial charge >= 0.3 is 5.97 Å². The molecule has 0 heterocycles. The smallest absolute Gasteiger partial charge is 0.338 e. The molecule has 0 atom stereocenters. The number of ether oxygens (including phenoxy) is 2. The second-order valence-electron chi connectivity index (χ2n) is 4.24. The molecule has 0 aliphatic rings. The minimum absolute atomic E-state index is 0.345. The SMILES string of the molecule is COC(=O)c1cc(OCc2ccccc2)ccc1C. The van der Waals surface area contributed by atoms with Gasteiger partial charge in [-0.05, 0) is 30.2 Å². The van der Waals surface area contributed by atoms with Crippen molar-refractivity contribution in [2.24, 2.45) is 0 Å². The molecular formula is C16H16O3. The second-order valence-corrected chi connectivity index (χ2v) is 4.24. The van der Waals surface area contributed by atoms with E-state index in [0.29, 0.717) is 17.9 Å². The van der Waals surface area contributed by atoms with E-state index in [2.05, 4.69) is 0 Å². The van der Waals surface area contributed by atoms with E-state index in [9.17, 15) is 4.79 Å². The van der Waals surface area contributed by atoms with Gasteiger partial charge in [0, 0.05) is 0 Å². The quantitative estimate of drug-likeness (QED) is 0.787. The van der Waals surface area contributed by atoms with Gasteiger partial charge in [0.25, 0.3) is 0 Å². The van der Waals surface area contributed by atoms with Crippen LogP contribution in [0.4, 0.5) is 0 Å². The first-order chi connectivity index (χ1) is 9.20. The molecule has 0 amide bonds. The first kappa shape index (κ1) is 13.1. The Morgan fingerprint density at radius 2 is 1.84 bits per heavy atom. The van der Waals surface area contributed by atoms with Crippen molar-refractivity contribution >= 4 is 5.97 Å². The van der Waals surface area contributed by atoms with E-state index in [1.54, 1.807) is 6.07 Å². The third-order valence-corrected chi connectivity index (χ3v) is 2.86. The Balaban J connectivity index is 2.11. The predicted molar refractivity (Wildman–Crippen MR) is 73.3 cm³/mol. The molecule has 0 saturated heterocycles. The predicted octanol–water partition coefficient (Wildman–Crippen LogP) is 3.36. The Bertz CT molecular complexity index is 561. The van der Waals surface area contributed by atoms with E-state index in [0.717, 1.165) is 11.1 Å². The Hall–Kier alpha value is -2.29. The van der Waals surface area contributed by atoms with Gasteiger partial charge in [0.05, 0.1) is 12.7 Å². The summed E-state index contributed by atoms with van der Waals surface area (Å²) in [4.78, 5) is 11.6. The van der Waals surface area contributed by atoms with Crippen LogP contribution in [0.3, 0.4) is 0 Å². The Kier molecular flexibility index (Phi) is 4.18. The van der Waals surface area contributed by atoms with Gasteiger partial charge in [-0.15, -0.1) is 0 Å². The summed E-state index contributed by atoms with van der Waals surface area (Å²) < 4.78 is 10.4. The van der Waals surface area contributed by atoms with Crippen LogP contribution in [-0.2, 0) is 11.3 Å².